The summed E-state index contributed by atoms with van der Waals surface area (Å²) in [6.07, 6.45) is 0. The van der Waals surface area contributed by atoms with Crippen molar-refractivity contribution in [3.05, 3.63) is 30.1 Å². The molecule has 2 N–H and O–H groups in total. The van der Waals surface area contributed by atoms with Crippen LogP contribution in [0.2, 0.25) is 0 Å². The summed E-state index contributed by atoms with van der Waals surface area (Å²) in [5, 5.41) is 5.83. The van der Waals surface area contributed by atoms with Gasteiger partial charge in [0.1, 0.15) is 24.2 Å². The molecular formula is C15H20FN3O3. The first-order valence-electron chi connectivity index (χ1n) is 7.22. The molecule has 1 aromatic carbocycles. The van der Waals surface area contributed by atoms with Gasteiger partial charge in [-0.1, -0.05) is 6.07 Å². The van der Waals surface area contributed by atoms with Gasteiger partial charge >= 0.3 is 0 Å². The summed E-state index contributed by atoms with van der Waals surface area (Å²) in [7, 11) is 0. The van der Waals surface area contributed by atoms with Crippen LogP contribution in [0.4, 0.5) is 4.39 Å². The van der Waals surface area contributed by atoms with E-state index in [0.29, 0.717) is 25.4 Å². The second-order valence-corrected chi connectivity index (χ2v) is 5.03. The highest BCUT2D eigenvalue weighted by Crippen LogP contribution is 2.11. The number of nitrogens with one attached hydrogen (secondary N) is 2. The number of carbonyl (C=O) groups excluding carboxylic acids is 2. The molecule has 1 fully saturated rings. The molecule has 1 aliphatic rings. The Bertz CT molecular complexity index is 539. The van der Waals surface area contributed by atoms with Crippen LogP contribution in [-0.2, 0) is 9.59 Å². The second kappa shape index (κ2) is 7.74. The van der Waals surface area contributed by atoms with Gasteiger partial charge in [-0.2, -0.15) is 0 Å². The Labute approximate surface area is 128 Å². The minimum Gasteiger partial charge on any atom is -0.492 e. The van der Waals surface area contributed by atoms with E-state index in [4.69, 9.17) is 4.74 Å². The normalized spacial score (nSPS) is 17.9. The van der Waals surface area contributed by atoms with Gasteiger partial charge in [0.15, 0.2) is 0 Å². The van der Waals surface area contributed by atoms with Crippen molar-refractivity contribution in [2.24, 2.45) is 0 Å². The first kappa shape index (κ1) is 16.2. The number of halogens is 1. The molecule has 2 amide bonds. The lowest BCUT2D eigenvalue weighted by Crippen LogP contribution is -2.59. The van der Waals surface area contributed by atoms with Crippen LogP contribution in [0.25, 0.3) is 0 Å². The van der Waals surface area contributed by atoms with E-state index in [9.17, 15) is 14.0 Å². The van der Waals surface area contributed by atoms with E-state index in [0.717, 1.165) is 0 Å². The molecule has 120 valence electrons. The smallest absolute Gasteiger partial charge is 0.244 e. The van der Waals surface area contributed by atoms with Gasteiger partial charge in [0, 0.05) is 32.6 Å². The van der Waals surface area contributed by atoms with Gasteiger partial charge in [0.2, 0.25) is 11.8 Å². The van der Waals surface area contributed by atoms with Crippen LogP contribution in [0.3, 0.4) is 0 Å². The zero-order chi connectivity index (χ0) is 15.9. The fraction of sp³-hybridized carbons (Fsp3) is 0.467. The van der Waals surface area contributed by atoms with Gasteiger partial charge in [-0.15, -0.1) is 0 Å². The van der Waals surface area contributed by atoms with Gasteiger partial charge in [-0.3, -0.25) is 9.59 Å². The maximum Gasteiger partial charge on any atom is 0.244 e. The van der Waals surface area contributed by atoms with Gasteiger partial charge < -0.3 is 20.3 Å². The minimum absolute atomic E-state index is 0.113. The van der Waals surface area contributed by atoms with Gasteiger partial charge in [0.05, 0.1) is 6.54 Å². The predicted molar refractivity (Wildman–Crippen MR) is 78.9 cm³/mol. The number of rotatable bonds is 5. The van der Waals surface area contributed by atoms with Crippen molar-refractivity contribution in [3.63, 3.8) is 0 Å². The number of benzene rings is 1. The van der Waals surface area contributed by atoms with Crippen molar-refractivity contribution in [2.75, 3.05) is 32.8 Å². The maximum absolute atomic E-state index is 13.0. The number of carbonyl (C=O) groups is 2. The summed E-state index contributed by atoms with van der Waals surface area (Å²) in [4.78, 5) is 25.2. The fourth-order valence-corrected chi connectivity index (χ4v) is 2.33. The van der Waals surface area contributed by atoms with Crippen LogP contribution in [0.1, 0.15) is 6.92 Å². The molecule has 6 nitrogen and oxygen atoms in total. The van der Waals surface area contributed by atoms with Crippen LogP contribution in [0.15, 0.2) is 24.3 Å². The van der Waals surface area contributed by atoms with Crippen molar-refractivity contribution in [3.8, 4) is 5.75 Å². The summed E-state index contributed by atoms with van der Waals surface area (Å²) in [5.41, 5.74) is 0. The van der Waals surface area contributed by atoms with Crippen molar-refractivity contribution >= 4 is 11.8 Å². The lowest BCUT2D eigenvalue weighted by Gasteiger charge is -2.34. The Morgan fingerprint density at radius 3 is 3.05 bits per heavy atom. The number of nitrogens with zero attached hydrogens (tertiary/aromatic N) is 1. The molecule has 0 aromatic heterocycles. The Morgan fingerprint density at radius 1 is 1.50 bits per heavy atom. The zero-order valence-electron chi connectivity index (χ0n) is 12.5. The van der Waals surface area contributed by atoms with Crippen molar-refractivity contribution in [1.82, 2.24) is 15.5 Å². The Hall–Kier alpha value is -2.15. The van der Waals surface area contributed by atoms with E-state index >= 15 is 0 Å². The monoisotopic (exact) mass is 309 g/mol. The number of amides is 2. The van der Waals surface area contributed by atoms with Gasteiger partial charge in [0.25, 0.3) is 0 Å². The zero-order valence-corrected chi connectivity index (χ0v) is 12.5. The molecule has 1 saturated heterocycles. The summed E-state index contributed by atoms with van der Waals surface area (Å²) < 4.78 is 18.3. The molecule has 1 heterocycles. The lowest BCUT2D eigenvalue weighted by molar-refractivity contribution is -0.140. The summed E-state index contributed by atoms with van der Waals surface area (Å²) >= 11 is 0. The van der Waals surface area contributed by atoms with Gasteiger partial charge in [-0.25, -0.2) is 4.39 Å². The number of ether oxygens (including phenoxy) is 1. The third kappa shape index (κ3) is 4.42. The highest BCUT2D eigenvalue weighted by Gasteiger charge is 2.29. The first-order valence-corrected chi connectivity index (χ1v) is 7.22. The molecule has 0 saturated carbocycles. The lowest BCUT2D eigenvalue weighted by atomic mass is 10.1. The van der Waals surface area contributed by atoms with E-state index in [1.54, 1.807) is 17.0 Å². The number of piperazine rings is 1. The molecule has 22 heavy (non-hydrogen) atoms. The van der Waals surface area contributed by atoms with Gasteiger partial charge in [-0.05, 0) is 12.1 Å². The predicted octanol–water partition coefficient (Wildman–Crippen LogP) is 0.141. The average molecular weight is 309 g/mol. The fourth-order valence-electron chi connectivity index (χ4n) is 2.33. The molecule has 7 heteroatoms. The largest absolute Gasteiger partial charge is 0.492 e. The van der Waals surface area contributed by atoms with Crippen LogP contribution in [-0.4, -0.2) is 55.5 Å². The molecule has 0 aliphatic carbocycles. The molecule has 2 rings (SSSR count). The minimum atomic E-state index is -0.500. The molecule has 1 unspecified atom stereocenters. The van der Waals surface area contributed by atoms with Crippen LogP contribution < -0.4 is 15.4 Å². The third-order valence-corrected chi connectivity index (χ3v) is 3.42. The van der Waals surface area contributed by atoms with E-state index in [-0.39, 0.29) is 30.8 Å². The Kier molecular flexibility index (Phi) is 5.71. The summed E-state index contributed by atoms with van der Waals surface area (Å²) in [6, 6.07) is 5.32. The van der Waals surface area contributed by atoms with E-state index in [1.807, 2.05) is 0 Å². The Morgan fingerprint density at radius 2 is 2.32 bits per heavy atom. The molecule has 0 spiro atoms. The quantitative estimate of drug-likeness (QED) is 0.759. The highest BCUT2D eigenvalue weighted by atomic mass is 19.1. The number of hydrogen-bond donors (Lipinski definition) is 2. The van der Waals surface area contributed by atoms with Crippen molar-refractivity contribution in [1.29, 1.82) is 0 Å². The van der Waals surface area contributed by atoms with Crippen LogP contribution in [0, 0.1) is 5.82 Å². The Balaban J connectivity index is 1.76. The molecule has 0 radical (unpaired) electrons. The summed E-state index contributed by atoms with van der Waals surface area (Å²) in [5.74, 6) is -0.284. The highest BCUT2D eigenvalue weighted by molar-refractivity contribution is 5.87. The standard InChI is InChI=1S/C15H20FN3O3/c1-11(20)19-7-5-17-10-14(19)15(21)18-6-8-22-13-4-2-3-12(16)9-13/h2-4,9,14,17H,5-8,10H2,1H3,(H,18,21). The van der Waals surface area contributed by atoms with E-state index < -0.39 is 6.04 Å². The van der Waals surface area contributed by atoms with Crippen LogP contribution in [0.5, 0.6) is 5.75 Å². The molecule has 1 atom stereocenters. The van der Waals surface area contributed by atoms with Crippen LogP contribution >= 0.6 is 0 Å². The third-order valence-electron chi connectivity index (χ3n) is 3.42. The van der Waals surface area contributed by atoms with E-state index in [2.05, 4.69) is 10.6 Å². The first-order chi connectivity index (χ1) is 10.6. The van der Waals surface area contributed by atoms with Crippen molar-refractivity contribution in [2.45, 2.75) is 13.0 Å². The molecule has 1 aromatic rings. The average Bonchev–Trinajstić information content (AvgIpc) is 2.51. The SMILES string of the molecule is CC(=O)N1CCNCC1C(=O)NCCOc1cccc(F)c1. The molecular weight excluding hydrogens is 289 g/mol. The molecule has 0 bridgehead atoms. The summed E-state index contributed by atoms with van der Waals surface area (Å²) in [6.45, 7) is 3.63. The van der Waals surface area contributed by atoms with Crippen molar-refractivity contribution < 1.29 is 18.7 Å². The molecule has 1 aliphatic heterocycles. The maximum atomic E-state index is 13.0. The topological polar surface area (TPSA) is 70.7 Å². The van der Waals surface area contributed by atoms with E-state index in [1.165, 1.54) is 19.1 Å². The number of hydrogen-bond acceptors (Lipinski definition) is 4. The second-order valence-electron chi connectivity index (χ2n) is 5.03.